The number of rotatable bonds is 21. The van der Waals surface area contributed by atoms with Gasteiger partial charge in [-0.15, -0.1) is 0 Å². The fourth-order valence-corrected chi connectivity index (χ4v) is 8.69. The fraction of sp³-hybridized carbons (Fsp3) is 0.586. The number of nitrogen functional groups attached to an aromatic ring is 1. The summed E-state index contributed by atoms with van der Waals surface area (Å²) in [6.07, 6.45) is -0.543. The second-order valence-corrected chi connectivity index (χ2v) is 18.5. The molecule has 4 heterocycles. The first kappa shape index (κ1) is 47.5. The van der Waals surface area contributed by atoms with E-state index in [1.165, 1.54) is 13.8 Å². The van der Waals surface area contributed by atoms with E-state index in [4.69, 9.17) is 24.3 Å². The topological polar surface area (TPSA) is 373 Å². The quantitative estimate of drug-likeness (QED) is 0.0449. The lowest BCUT2D eigenvalue weighted by molar-refractivity contribution is -0.137. The fourth-order valence-electron chi connectivity index (χ4n) is 5.19. The monoisotopic (exact) mass is 903 g/mol. The Morgan fingerprint density at radius 3 is 2.52 bits per heavy atom. The van der Waals surface area contributed by atoms with Crippen molar-refractivity contribution in [1.82, 2.24) is 30.2 Å². The summed E-state index contributed by atoms with van der Waals surface area (Å²) in [5.41, 5.74) is 4.25. The first-order valence-electron chi connectivity index (χ1n) is 17.1. The Labute approximate surface area is 334 Å². The summed E-state index contributed by atoms with van der Waals surface area (Å²) >= 11 is 1.03. The molecule has 7 atom stereocenters. The number of imidazole rings is 1. The number of aromatic nitrogens is 4. The Hall–Kier alpha value is -3.16. The molecule has 29 heteroatoms. The number of aliphatic hydroxyl groups is 2. The van der Waals surface area contributed by atoms with Gasteiger partial charge >= 0.3 is 23.5 Å². The summed E-state index contributed by atoms with van der Waals surface area (Å²) in [6, 6.07) is 0. The van der Waals surface area contributed by atoms with Gasteiger partial charge in [0.15, 0.2) is 22.8 Å². The van der Waals surface area contributed by atoms with Crippen molar-refractivity contribution in [2.24, 2.45) is 5.41 Å². The Kier molecular flexibility index (Phi) is 16.7. The van der Waals surface area contributed by atoms with Gasteiger partial charge in [-0.2, -0.15) is 4.31 Å². The number of nitrogens with one attached hydrogen (secondary N) is 2. The Balaban J connectivity index is 1.21. The highest BCUT2D eigenvalue weighted by atomic mass is 32.2. The summed E-state index contributed by atoms with van der Waals surface area (Å²) in [6.45, 7) is 0.829. The van der Waals surface area contributed by atoms with Gasteiger partial charge in [0, 0.05) is 30.7 Å². The third-order valence-corrected chi connectivity index (χ3v) is 12.1. The molecule has 2 aliphatic rings. The van der Waals surface area contributed by atoms with Crippen LogP contribution in [0.4, 0.5) is 5.82 Å². The average molecular weight is 904 g/mol. The highest BCUT2D eigenvalue weighted by Crippen LogP contribution is 2.61. The Bertz CT molecular complexity index is 2000. The maximum absolute atomic E-state index is 12.7. The molecule has 0 aromatic carbocycles. The molecule has 2 aromatic heterocycles. The summed E-state index contributed by atoms with van der Waals surface area (Å²) in [4.78, 5) is 87.9. The molecule has 0 saturated carbocycles. The number of ether oxygens (including phenoxy) is 2. The molecule has 25 nitrogen and oxygen atoms in total. The number of hydrogen-bond donors (Lipinski definition) is 9. The molecule has 2 aromatic rings. The van der Waals surface area contributed by atoms with Gasteiger partial charge in [0.25, 0.3) is 0 Å². The lowest BCUT2D eigenvalue weighted by atomic mass is 9.87. The van der Waals surface area contributed by atoms with Crippen molar-refractivity contribution in [1.29, 1.82) is 0 Å². The van der Waals surface area contributed by atoms with Gasteiger partial charge in [0.1, 0.15) is 48.6 Å². The number of nitrogens with two attached hydrogens (primary N) is 1. The molecule has 2 unspecified atom stereocenters. The number of phosphoric acid groups is 3. The largest absolute Gasteiger partial charge is 0.494 e. The maximum Gasteiger partial charge on any atom is 0.481 e. The molecule has 0 aliphatic carbocycles. The summed E-state index contributed by atoms with van der Waals surface area (Å²) in [7, 11) is -16.4. The van der Waals surface area contributed by atoms with Gasteiger partial charge in [-0.1, -0.05) is 37.8 Å². The van der Waals surface area contributed by atoms with Crippen LogP contribution in [-0.2, 0) is 55.4 Å². The first-order valence-corrected chi connectivity index (χ1v) is 22.6. The molecular weight excluding hydrogens is 859 g/mol. The van der Waals surface area contributed by atoms with Crippen LogP contribution >= 0.6 is 35.2 Å². The smallest absolute Gasteiger partial charge is 0.481 e. The minimum atomic E-state index is -5.58. The Morgan fingerprint density at radius 1 is 1.07 bits per heavy atom. The number of anilines is 1. The van der Waals surface area contributed by atoms with E-state index in [2.05, 4.69) is 34.4 Å². The molecule has 0 spiro atoms. The number of hydrogen-bond acceptors (Lipinski definition) is 19. The molecule has 58 heavy (non-hydrogen) atoms. The molecule has 0 radical (unpaired) electrons. The number of carbonyl (C=O) groups excluding carboxylic acids is 3. The normalized spacial score (nSPS) is 22.6. The van der Waals surface area contributed by atoms with E-state index in [-0.39, 0.29) is 48.0 Å². The number of allylic oxidation sites excluding steroid dienone is 3. The predicted octanol–water partition coefficient (Wildman–Crippen LogP) is -0.0848. The number of amides is 2. The van der Waals surface area contributed by atoms with E-state index in [0.29, 0.717) is 24.5 Å². The van der Waals surface area contributed by atoms with Crippen LogP contribution in [0.1, 0.15) is 39.3 Å². The minimum Gasteiger partial charge on any atom is -0.494 e. The van der Waals surface area contributed by atoms with Crippen molar-refractivity contribution in [2.75, 3.05) is 44.4 Å². The minimum absolute atomic E-state index is 0.0284. The molecule has 0 bridgehead atoms. The van der Waals surface area contributed by atoms with Crippen molar-refractivity contribution >= 4 is 69.1 Å². The molecule has 4 rings (SSSR count). The van der Waals surface area contributed by atoms with Crippen LogP contribution in [0.3, 0.4) is 0 Å². The van der Waals surface area contributed by atoms with Crippen molar-refractivity contribution in [3.8, 4) is 0 Å². The standard InChI is InChI=1S/C29H44N7O18P3S/c1-29(2,24(40)27(41)32-8-7-19(37)31-9-11-58-20(38)12-17-6-4-3-5-10-49-17)14-51-57(47,48)54-56(45,46)50-13-18-23(53-55(42,43)44)22(39)28(52-18)36-16-35-21-25(30)33-15-34-26(21)36/h3,5-6,15-16,18,22-24,28,39-40H,4,7-14H2,1-2H3,(H,31,37)(H,32,41)(H,45,46)(H,47,48)(H2,30,33,34)(H2,42,43,44)/t18-,22-,23-,24+,28-/m1/s1. The maximum atomic E-state index is 12.7. The van der Waals surface area contributed by atoms with E-state index in [1.807, 2.05) is 18.2 Å². The van der Waals surface area contributed by atoms with Crippen LogP contribution in [0.5, 0.6) is 0 Å². The Morgan fingerprint density at radius 2 is 1.79 bits per heavy atom. The van der Waals surface area contributed by atoms with E-state index >= 15 is 0 Å². The van der Waals surface area contributed by atoms with E-state index in [1.54, 1.807) is 0 Å². The lowest BCUT2D eigenvalue weighted by Crippen LogP contribution is -2.46. The summed E-state index contributed by atoms with van der Waals surface area (Å²) in [5.74, 6) is -0.590. The molecular formula is C29H44N7O18P3S. The number of phosphoric ester groups is 3. The van der Waals surface area contributed by atoms with E-state index < -0.39 is 84.6 Å². The number of nitrogens with zero attached hydrogens (tertiary/aromatic N) is 4. The number of carbonyl (C=O) groups is 3. The van der Waals surface area contributed by atoms with Crippen molar-refractivity contribution in [3.63, 3.8) is 0 Å². The first-order chi connectivity index (χ1) is 27.1. The number of fused-ring (bicyclic) bond motifs is 1. The van der Waals surface area contributed by atoms with Crippen LogP contribution in [-0.4, -0.2) is 129 Å². The second-order valence-electron chi connectivity index (χ2n) is 13.2. The molecule has 2 amide bonds. The van der Waals surface area contributed by atoms with Crippen molar-refractivity contribution < 1.29 is 85.2 Å². The third kappa shape index (κ3) is 14.2. The molecule has 324 valence electrons. The van der Waals surface area contributed by atoms with Crippen LogP contribution in [0.2, 0.25) is 0 Å². The van der Waals surface area contributed by atoms with Gasteiger partial charge in [0.2, 0.25) is 11.8 Å². The van der Waals surface area contributed by atoms with Gasteiger partial charge in [-0.3, -0.25) is 32.5 Å². The van der Waals surface area contributed by atoms with Crippen LogP contribution < -0.4 is 16.4 Å². The average Bonchev–Trinajstić information content (AvgIpc) is 3.57. The SMILES string of the molecule is CC(C)(COP(=O)(O)OP(=O)(O)OC[C@H]1O[C@@H](n2cnc3c(N)ncnc32)[C@H](O)[C@@H]1OP(=O)(O)O)[C@@H](O)C(=O)NCCC(=O)NCCSC(=O)CC1=CCC=CCO1. The number of thioether (sulfide) groups is 1. The molecule has 10 N–H and O–H groups in total. The number of aliphatic hydroxyl groups excluding tert-OH is 2. The van der Waals surface area contributed by atoms with Gasteiger partial charge in [0.05, 0.1) is 26.0 Å². The van der Waals surface area contributed by atoms with E-state index in [0.717, 1.165) is 29.0 Å². The molecule has 1 fully saturated rings. The van der Waals surface area contributed by atoms with Gasteiger partial charge in [-0.05, 0) is 12.5 Å². The van der Waals surface area contributed by atoms with Crippen LogP contribution in [0.25, 0.3) is 11.2 Å². The highest BCUT2D eigenvalue weighted by Gasteiger charge is 2.50. The lowest BCUT2D eigenvalue weighted by Gasteiger charge is -2.30. The zero-order chi connectivity index (χ0) is 42.9. The van der Waals surface area contributed by atoms with Crippen LogP contribution in [0, 0.1) is 5.41 Å². The molecule has 1 saturated heterocycles. The predicted molar refractivity (Wildman–Crippen MR) is 200 cm³/mol. The molecule has 2 aliphatic heterocycles. The van der Waals surface area contributed by atoms with E-state index in [9.17, 15) is 57.9 Å². The van der Waals surface area contributed by atoms with Gasteiger partial charge < -0.3 is 55.6 Å². The van der Waals surface area contributed by atoms with Crippen LogP contribution in [0.15, 0.2) is 36.6 Å². The van der Waals surface area contributed by atoms with Gasteiger partial charge in [-0.25, -0.2) is 28.6 Å². The van der Waals surface area contributed by atoms with Crippen molar-refractivity contribution in [3.05, 3.63) is 36.6 Å². The highest BCUT2D eigenvalue weighted by molar-refractivity contribution is 8.13. The van der Waals surface area contributed by atoms with Crippen molar-refractivity contribution in [2.45, 2.75) is 63.8 Å². The third-order valence-electron chi connectivity index (χ3n) is 8.10. The summed E-state index contributed by atoms with van der Waals surface area (Å²) in [5, 5.41) is 26.3. The zero-order valence-electron chi connectivity index (χ0n) is 30.8. The summed E-state index contributed by atoms with van der Waals surface area (Å²) < 4.78 is 67.6. The second kappa shape index (κ2) is 20.4. The zero-order valence-corrected chi connectivity index (χ0v) is 34.3.